The van der Waals surface area contributed by atoms with E-state index in [9.17, 15) is 0 Å². The fourth-order valence-electron chi connectivity index (χ4n) is 1.70. The summed E-state index contributed by atoms with van der Waals surface area (Å²) in [6.07, 6.45) is 1.05. The molecule has 0 saturated carbocycles. The Labute approximate surface area is 101 Å². The Bertz CT molecular complexity index is 489. The number of halogens is 1. The van der Waals surface area contributed by atoms with Crippen molar-refractivity contribution in [3.8, 4) is 11.1 Å². The summed E-state index contributed by atoms with van der Waals surface area (Å²) in [5.41, 5.74) is 10.1. The predicted octanol–water partition coefficient (Wildman–Crippen LogP) is 4.15. The van der Waals surface area contributed by atoms with Crippen molar-refractivity contribution in [2.45, 2.75) is 13.3 Å². The van der Waals surface area contributed by atoms with Gasteiger partial charge in [-0.1, -0.05) is 42.8 Å². The van der Waals surface area contributed by atoms with Crippen molar-refractivity contribution in [3.05, 3.63) is 53.1 Å². The first-order valence-electron chi connectivity index (χ1n) is 5.35. The van der Waals surface area contributed by atoms with E-state index in [1.165, 1.54) is 5.56 Å². The number of nitrogen functional groups attached to an aromatic ring is 1. The van der Waals surface area contributed by atoms with Crippen molar-refractivity contribution in [3.63, 3.8) is 0 Å². The normalized spacial score (nSPS) is 10.4. The van der Waals surface area contributed by atoms with Crippen LogP contribution in [0.3, 0.4) is 0 Å². The zero-order valence-corrected chi connectivity index (χ0v) is 9.96. The summed E-state index contributed by atoms with van der Waals surface area (Å²) in [4.78, 5) is 0. The molecule has 2 aromatic carbocycles. The number of hydrogen-bond acceptors (Lipinski definition) is 1. The van der Waals surface area contributed by atoms with Gasteiger partial charge in [-0.3, -0.25) is 0 Å². The van der Waals surface area contributed by atoms with E-state index in [1.54, 1.807) is 6.07 Å². The molecule has 82 valence electrons. The fourth-order valence-corrected chi connectivity index (χ4v) is 1.87. The van der Waals surface area contributed by atoms with Crippen molar-refractivity contribution < 1.29 is 0 Å². The Hall–Kier alpha value is -1.47. The quantitative estimate of drug-likeness (QED) is 0.772. The van der Waals surface area contributed by atoms with E-state index >= 15 is 0 Å². The van der Waals surface area contributed by atoms with Crippen LogP contribution in [-0.4, -0.2) is 0 Å². The van der Waals surface area contributed by atoms with Crippen LogP contribution in [0.5, 0.6) is 0 Å². The highest BCUT2D eigenvalue weighted by Crippen LogP contribution is 2.28. The zero-order chi connectivity index (χ0) is 11.5. The first-order valence-corrected chi connectivity index (χ1v) is 5.73. The molecule has 0 aliphatic rings. The van der Waals surface area contributed by atoms with E-state index < -0.39 is 0 Å². The lowest BCUT2D eigenvalue weighted by Crippen LogP contribution is -1.90. The van der Waals surface area contributed by atoms with Crippen molar-refractivity contribution in [2.75, 3.05) is 5.73 Å². The van der Waals surface area contributed by atoms with Crippen LogP contribution in [0.25, 0.3) is 11.1 Å². The van der Waals surface area contributed by atoms with Crippen molar-refractivity contribution >= 4 is 17.3 Å². The van der Waals surface area contributed by atoms with Gasteiger partial charge in [-0.25, -0.2) is 0 Å². The Kier molecular flexibility index (Phi) is 3.16. The molecule has 2 aromatic rings. The highest BCUT2D eigenvalue weighted by atomic mass is 35.5. The maximum absolute atomic E-state index is 5.97. The predicted molar refractivity (Wildman–Crippen MR) is 70.7 cm³/mol. The van der Waals surface area contributed by atoms with Crippen molar-refractivity contribution in [1.29, 1.82) is 0 Å². The van der Waals surface area contributed by atoms with Crippen LogP contribution in [0.1, 0.15) is 12.5 Å². The minimum atomic E-state index is 0.712. The van der Waals surface area contributed by atoms with Crippen LogP contribution in [0.2, 0.25) is 5.02 Å². The maximum Gasteiger partial charge on any atom is 0.0413 e. The van der Waals surface area contributed by atoms with E-state index in [1.807, 2.05) is 12.1 Å². The molecule has 0 heterocycles. The highest BCUT2D eigenvalue weighted by molar-refractivity contribution is 6.31. The third-order valence-corrected chi connectivity index (χ3v) is 2.92. The van der Waals surface area contributed by atoms with E-state index in [2.05, 4.69) is 31.2 Å². The lowest BCUT2D eigenvalue weighted by Gasteiger charge is -2.07. The van der Waals surface area contributed by atoms with Gasteiger partial charge in [0.25, 0.3) is 0 Å². The van der Waals surface area contributed by atoms with E-state index in [0.717, 1.165) is 23.2 Å². The number of aryl methyl sites for hydroxylation is 1. The Morgan fingerprint density at radius 1 is 1.06 bits per heavy atom. The van der Waals surface area contributed by atoms with Crippen LogP contribution >= 0.6 is 11.6 Å². The molecule has 0 aliphatic carbocycles. The molecule has 2 rings (SSSR count). The average Bonchev–Trinajstić information content (AvgIpc) is 2.32. The third kappa shape index (κ3) is 2.20. The average molecular weight is 232 g/mol. The number of rotatable bonds is 2. The molecule has 0 aromatic heterocycles. The van der Waals surface area contributed by atoms with E-state index in [-0.39, 0.29) is 0 Å². The van der Waals surface area contributed by atoms with E-state index in [0.29, 0.717) is 5.02 Å². The summed E-state index contributed by atoms with van der Waals surface area (Å²) in [5.74, 6) is 0. The third-order valence-electron chi connectivity index (χ3n) is 2.69. The van der Waals surface area contributed by atoms with Gasteiger partial charge in [0.05, 0.1) is 0 Å². The summed E-state index contributed by atoms with van der Waals surface area (Å²) in [7, 11) is 0. The van der Waals surface area contributed by atoms with Crippen LogP contribution in [0.4, 0.5) is 5.69 Å². The topological polar surface area (TPSA) is 26.0 Å². The second-order valence-corrected chi connectivity index (χ2v) is 4.22. The van der Waals surface area contributed by atoms with Gasteiger partial charge in [-0.15, -0.1) is 0 Å². The lowest BCUT2D eigenvalue weighted by molar-refractivity contribution is 1.14. The summed E-state index contributed by atoms with van der Waals surface area (Å²) >= 11 is 5.97. The molecule has 0 fully saturated rings. The molecule has 0 radical (unpaired) electrons. The summed E-state index contributed by atoms with van der Waals surface area (Å²) in [6.45, 7) is 2.14. The largest absolute Gasteiger partial charge is 0.398 e. The zero-order valence-electron chi connectivity index (χ0n) is 9.20. The first-order chi connectivity index (χ1) is 7.70. The molecular weight excluding hydrogens is 218 g/mol. The Morgan fingerprint density at radius 3 is 2.38 bits per heavy atom. The molecule has 1 nitrogen and oxygen atoms in total. The summed E-state index contributed by atoms with van der Waals surface area (Å²) < 4.78 is 0. The molecule has 0 spiro atoms. The second-order valence-electron chi connectivity index (χ2n) is 3.78. The first kappa shape index (κ1) is 11.0. The molecule has 2 heteroatoms. The molecule has 0 atom stereocenters. The van der Waals surface area contributed by atoms with Crippen LogP contribution < -0.4 is 5.73 Å². The molecule has 0 saturated heterocycles. The summed E-state index contributed by atoms with van der Waals surface area (Å²) in [6, 6.07) is 14.0. The number of anilines is 1. The minimum Gasteiger partial charge on any atom is -0.398 e. The summed E-state index contributed by atoms with van der Waals surface area (Å²) in [5, 5.41) is 0.712. The number of hydrogen-bond donors (Lipinski definition) is 1. The van der Waals surface area contributed by atoms with Crippen LogP contribution in [-0.2, 0) is 6.42 Å². The second kappa shape index (κ2) is 4.58. The SMILES string of the molecule is CCc1ccc(-c2cc(Cl)ccc2N)cc1. The Morgan fingerprint density at radius 2 is 1.75 bits per heavy atom. The molecule has 0 bridgehead atoms. The Balaban J connectivity index is 2.45. The monoisotopic (exact) mass is 231 g/mol. The van der Waals surface area contributed by atoms with Gasteiger partial charge in [-0.05, 0) is 35.7 Å². The molecule has 0 aliphatic heterocycles. The molecule has 2 N–H and O–H groups in total. The van der Waals surface area contributed by atoms with Gasteiger partial charge in [0.2, 0.25) is 0 Å². The minimum absolute atomic E-state index is 0.712. The van der Waals surface area contributed by atoms with Gasteiger partial charge in [-0.2, -0.15) is 0 Å². The molecule has 0 unspecified atom stereocenters. The molecular formula is C14H14ClN. The fraction of sp³-hybridized carbons (Fsp3) is 0.143. The van der Waals surface area contributed by atoms with Gasteiger partial charge >= 0.3 is 0 Å². The van der Waals surface area contributed by atoms with Crippen molar-refractivity contribution in [1.82, 2.24) is 0 Å². The van der Waals surface area contributed by atoms with E-state index in [4.69, 9.17) is 17.3 Å². The van der Waals surface area contributed by atoms with Gasteiger partial charge in [0, 0.05) is 16.3 Å². The standard InChI is InChI=1S/C14H14ClN/c1-2-10-3-5-11(6-4-10)13-9-12(15)7-8-14(13)16/h3-9H,2,16H2,1H3. The van der Waals surface area contributed by atoms with Crippen LogP contribution in [0, 0.1) is 0 Å². The molecule has 16 heavy (non-hydrogen) atoms. The van der Waals surface area contributed by atoms with Gasteiger partial charge in [0.15, 0.2) is 0 Å². The van der Waals surface area contributed by atoms with Crippen molar-refractivity contribution in [2.24, 2.45) is 0 Å². The highest BCUT2D eigenvalue weighted by Gasteiger charge is 2.03. The number of nitrogens with two attached hydrogens (primary N) is 1. The van der Waals surface area contributed by atoms with Gasteiger partial charge < -0.3 is 5.73 Å². The maximum atomic E-state index is 5.97. The van der Waals surface area contributed by atoms with Crippen LogP contribution in [0.15, 0.2) is 42.5 Å². The number of benzene rings is 2. The lowest BCUT2D eigenvalue weighted by atomic mass is 10.0. The van der Waals surface area contributed by atoms with Gasteiger partial charge in [0.1, 0.15) is 0 Å². The smallest absolute Gasteiger partial charge is 0.0413 e. The molecule has 0 amide bonds.